The van der Waals surface area contributed by atoms with E-state index in [-0.39, 0.29) is 23.5 Å². The molecule has 0 radical (unpaired) electrons. The van der Waals surface area contributed by atoms with Crippen LogP contribution in [-0.2, 0) is 21.1 Å². The summed E-state index contributed by atoms with van der Waals surface area (Å²) >= 11 is 0. The zero-order chi connectivity index (χ0) is 16.0. The first-order valence-electron chi connectivity index (χ1n) is 7.73. The molecule has 23 heavy (non-hydrogen) atoms. The van der Waals surface area contributed by atoms with Crippen LogP contribution in [0.4, 0.5) is 5.95 Å². The minimum absolute atomic E-state index is 0.0521. The minimum Gasteiger partial charge on any atom is -0.378 e. The molecule has 4 heterocycles. The summed E-state index contributed by atoms with van der Waals surface area (Å²) in [5.41, 5.74) is 1.18. The molecule has 0 spiro atoms. The van der Waals surface area contributed by atoms with Crippen LogP contribution in [-0.4, -0.2) is 73.0 Å². The first-order chi connectivity index (χ1) is 11.0. The van der Waals surface area contributed by atoms with Gasteiger partial charge in [-0.05, 0) is 6.42 Å². The lowest BCUT2D eigenvalue weighted by molar-refractivity contribution is 0.0721. The summed E-state index contributed by atoms with van der Waals surface area (Å²) in [7, 11) is -3.02. The molecule has 4 rings (SSSR count). The van der Waals surface area contributed by atoms with Crippen LogP contribution in [0, 0.1) is 0 Å². The molecule has 0 N–H and O–H groups in total. The molecule has 1 aromatic rings. The van der Waals surface area contributed by atoms with E-state index < -0.39 is 9.84 Å². The summed E-state index contributed by atoms with van der Waals surface area (Å²) in [6, 6.07) is -0.242. The van der Waals surface area contributed by atoms with Crippen molar-refractivity contribution in [3.05, 3.63) is 17.5 Å². The van der Waals surface area contributed by atoms with Crippen molar-refractivity contribution >= 4 is 21.7 Å². The van der Waals surface area contributed by atoms with Crippen molar-refractivity contribution < 1.29 is 17.9 Å². The van der Waals surface area contributed by atoms with Crippen molar-refractivity contribution in [2.75, 3.05) is 42.7 Å². The van der Waals surface area contributed by atoms with E-state index in [1.165, 1.54) is 0 Å². The second-order valence-electron chi connectivity index (χ2n) is 6.12. The molecule has 124 valence electrons. The van der Waals surface area contributed by atoms with Crippen molar-refractivity contribution in [2.45, 2.75) is 19.0 Å². The van der Waals surface area contributed by atoms with Crippen LogP contribution in [0.2, 0.25) is 0 Å². The van der Waals surface area contributed by atoms with Crippen molar-refractivity contribution in [3.8, 4) is 0 Å². The molecule has 0 aromatic carbocycles. The van der Waals surface area contributed by atoms with Gasteiger partial charge in [-0.2, -0.15) is 0 Å². The summed E-state index contributed by atoms with van der Waals surface area (Å²) in [5, 5.41) is 0. The standard InChI is InChI=1S/C14H18N4O4S/c19-13-11-7-15-14(17-2-4-22-5-3-17)16-12(11)8-18(13)10-1-6-23(20,21)9-10/h7,10H,1-6,8-9H2/t10-/m0/s1. The third-order valence-electron chi connectivity index (χ3n) is 4.61. The fourth-order valence-electron chi connectivity index (χ4n) is 3.33. The van der Waals surface area contributed by atoms with Crippen LogP contribution in [0.5, 0.6) is 0 Å². The van der Waals surface area contributed by atoms with Gasteiger partial charge in [-0.1, -0.05) is 0 Å². The lowest BCUT2D eigenvalue weighted by Crippen LogP contribution is -2.37. The number of carbonyl (C=O) groups excluding carboxylic acids is 1. The lowest BCUT2D eigenvalue weighted by Gasteiger charge is -2.26. The summed E-state index contributed by atoms with van der Waals surface area (Å²) < 4.78 is 28.6. The third-order valence-corrected chi connectivity index (χ3v) is 6.36. The molecule has 2 saturated heterocycles. The second-order valence-corrected chi connectivity index (χ2v) is 8.35. The van der Waals surface area contributed by atoms with Crippen LogP contribution >= 0.6 is 0 Å². The predicted molar refractivity (Wildman–Crippen MR) is 82.0 cm³/mol. The Morgan fingerprint density at radius 2 is 2.04 bits per heavy atom. The minimum atomic E-state index is -3.02. The van der Waals surface area contributed by atoms with E-state index in [0.29, 0.717) is 43.4 Å². The summed E-state index contributed by atoms with van der Waals surface area (Å²) in [5.74, 6) is 0.662. The number of carbonyl (C=O) groups is 1. The Balaban J connectivity index is 1.56. The number of ether oxygens (including phenoxy) is 1. The average molecular weight is 338 g/mol. The number of hydrogen-bond acceptors (Lipinski definition) is 7. The highest BCUT2D eigenvalue weighted by atomic mass is 32.2. The highest BCUT2D eigenvalue weighted by molar-refractivity contribution is 7.91. The SMILES string of the molecule is O=C1c2cnc(N3CCOCC3)nc2CN1[C@H]1CCS(=O)(=O)C1. The Labute approximate surface area is 134 Å². The topological polar surface area (TPSA) is 92.7 Å². The molecule has 0 bridgehead atoms. The molecule has 1 atom stereocenters. The van der Waals surface area contributed by atoms with Crippen molar-refractivity contribution in [3.63, 3.8) is 0 Å². The molecular formula is C14H18N4O4S. The highest BCUT2D eigenvalue weighted by Crippen LogP contribution is 2.28. The molecular weight excluding hydrogens is 320 g/mol. The van der Waals surface area contributed by atoms with Gasteiger partial charge >= 0.3 is 0 Å². The summed E-state index contributed by atoms with van der Waals surface area (Å²) in [6.45, 7) is 3.12. The zero-order valence-electron chi connectivity index (χ0n) is 12.6. The van der Waals surface area contributed by atoms with Gasteiger partial charge < -0.3 is 14.5 Å². The Morgan fingerprint density at radius 3 is 2.74 bits per heavy atom. The van der Waals surface area contributed by atoms with Gasteiger partial charge in [-0.3, -0.25) is 4.79 Å². The number of nitrogens with zero attached hydrogens (tertiary/aromatic N) is 4. The lowest BCUT2D eigenvalue weighted by atomic mass is 10.2. The summed E-state index contributed by atoms with van der Waals surface area (Å²) in [4.78, 5) is 25.0. The molecule has 1 amide bonds. The van der Waals surface area contributed by atoms with Crippen molar-refractivity contribution in [1.82, 2.24) is 14.9 Å². The van der Waals surface area contributed by atoms with Gasteiger partial charge in [0, 0.05) is 25.3 Å². The van der Waals surface area contributed by atoms with E-state index in [1.807, 2.05) is 4.90 Å². The average Bonchev–Trinajstić information content (AvgIpc) is 3.08. The number of amides is 1. The van der Waals surface area contributed by atoms with E-state index in [9.17, 15) is 13.2 Å². The van der Waals surface area contributed by atoms with Gasteiger partial charge in [-0.25, -0.2) is 18.4 Å². The van der Waals surface area contributed by atoms with Gasteiger partial charge in [0.05, 0.1) is 42.5 Å². The number of fused-ring (bicyclic) bond motifs is 1. The first-order valence-corrected chi connectivity index (χ1v) is 9.56. The number of morpholine rings is 1. The molecule has 0 unspecified atom stereocenters. The molecule has 8 nitrogen and oxygen atoms in total. The smallest absolute Gasteiger partial charge is 0.257 e. The number of hydrogen-bond donors (Lipinski definition) is 0. The summed E-state index contributed by atoms with van der Waals surface area (Å²) in [6.07, 6.45) is 2.07. The third kappa shape index (κ3) is 2.67. The molecule has 9 heteroatoms. The van der Waals surface area contributed by atoms with E-state index in [0.717, 1.165) is 13.1 Å². The Morgan fingerprint density at radius 1 is 1.26 bits per heavy atom. The maximum absolute atomic E-state index is 12.5. The van der Waals surface area contributed by atoms with E-state index >= 15 is 0 Å². The van der Waals surface area contributed by atoms with Gasteiger partial charge in [0.25, 0.3) is 5.91 Å². The fraction of sp³-hybridized carbons (Fsp3) is 0.643. The first kappa shape index (κ1) is 14.8. The van der Waals surface area contributed by atoms with Gasteiger partial charge in [0.2, 0.25) is 5.95 Å². The Bertz CT molecular complexity index is 745. The van der Waals surface area contributed by atoms with Crippen LogP contribution in [0.25, 0.3) is 0 Å². The zero-order valence-corrected chi connectivity index (χ0v) is 13.5. The quantitative estimate of drug-likeness (QED) is 0.715. The largest absolute Gasteiger partial charge is 0.378 e. The van der Waals surface area contributed by atoms with E-state index in [1.54, 1.807) is 11.1 Å². The van der Waals surface area contributed by atoms with E-state index in [2.05, 4.69) is 9.97 Å². The van der Waals surface area contributed by atoms with Gasteiger partial charge in [0.15, 0.2) is 9.84 Å². The number of anilines is 1. The number of aromatic nitrogens is 2. The second kappa shape index (κ2) is 5.41. The molecule has 0 saturated carbocycles. The Hall–Kier alpha value is -1.74. The van der Waals surface area contributed by atoms with Crippen LogP contribution in [0.1, 0.15) is 22.5 Å². The monoisotopic (exact) mass is 338 g/mol. The molecule has 1 aromatic heterocycles. The molecule has 2 fully saturated rings. The van der Waals surface area contributed by atoms with Crippen LogP contribution < -0.4 is 4.90 Å². The maximum atomic E-state index is 12.5. The number of rotatable bonds is 2. The van der Waals surface area contributed by atoms with Crippen LogP contribution in [0.15, 0.2) is 6.20 Å². The normalized spacial score (nSPS) is 26.6. The predicted octanol–water partition coefficient (Wildman–Crippen LogP) is -0.544. The molecule has 3 aliphatic rings. The van der Waals surface area contributed by atoms with Gasteiger partial charge in [-0.15, -0.1) is 0 Å². The van der Waals surface area contributed by atoms with E-state index in [4.69, 9.17) is 4.74 Å². The van der Waals surface area contributed by atoms with Crippen molar-refractivity contribution in [2.24, 2.45) is 0 Å². The maximum Gasteiger partial charge on any atom is 0.257 e. The fourth-order valence-corrected chi connectivity index (χ4v) is 5.06. The number of sulfone groups is 1. The van der Waals surface area contributed by atoms with Gasteiger partial charge in [0.1, 0.15) is 0 Å². The highest BCUT2D eigenvalue weighted by Gasteiger charge is 2.40. The Kier molecular flexibility index (Phi) is 3.49. The molecule has 0 aliphatic carbocycles. The molecule has 3 aliphatic heterocycles. The van der Waals surface area contributed by atoms with Crippen LogP contribution in [0.3, 0.4) is 0 Å². The van der Waals surface area contributed by atoms with Crippen molar-refractivity contribution in [1.29, 1.82) is 0 Å².